The molecule has 0 aromatic rings. The van der Waals surface area contributed by atoms with E-state index in [0.717, 1.165) is 25.7 Å². The highest BCUT2D eigenvalue weighted by Gasteiger charge is 2.38. The molecule has 0 atom stereocenters. The molecule has 0 aromatic carbocycles. The van der Waals surface area contributed by atoms with Gasteiger partial charge in [0.2, 0.25) is 5.91 Å². The average Bonchev–Trinajstić information content (AvgIpc) is 3.24. The number of aliphatic carboxylic acids is 1. The van der Waals surface area contributed by atoms with Crippen molar-refractivity contribution in [1.82, 2.24) is 10.2 Å². The molecule has 2 saturated carbocycles. The molecule has 1 amide bonds. The summed E-state index contributed by atoms with van der Waals surface area (Å²) >= 11 is 0. The molecule has 114 valence electrons. The summed E-state index contributed by atoms with van der Waals surface area (Å²) in [6.45, 7) is 0.360. The fourth-order valence-corrected chi connectivity index (χ4v) is 3.25. The Morgan fingerprint density at radius 2 is 1.90 bits per heavy atom. The van der Waals surface area contributed by atoms with Gasteiger partial charge in [-0.1, -0.05) is 19.3 Å². The Bertz CT molecular complexity index is 360. The van der Waals surface area contributed by atoms with E-state index in [4.69, 9.17) is 5.11 Å². The number of rotatable bonds is 7. The van der Waals surface area contributed by atoms with Crippen LogP contribution in [-0.4, -0.2) is 47.1 Å². The Labute approximate surface area is 120 Å². The van der Waals surface area contributed by atoms with E-state index in [1.807, 2.05) is 11.9 Å². The Morgan fingerprint density at radius 3 is 2.40 bits per heavy atom. The van der Waals surface area contributed by atoms with Crippen LogP contribution in [0.2, 0.25) is 0 Å². The van der Waals surface area contributed by atoms with Crippen LogP contribution in [-0.2, 0) is 9.59 Å². The van der Waals surface area contributed by atoms with Crippen LogP contribution in [0.4, 0.5) is 0 Å². The Morgan fingerprint density at radius 1 is 1.25 bits per heavy atom. The molecule has 0 aliphatic heterocycles. The monoisotopic (exact) mass is 282 g/mol. The van der Waals surface area contributed by atoms with Crippen LogP contribution in [0.5, 0.6) is 0 Å². The van der Waals surface area contributed by atoms with Gasteiger partial charge in [0.15, 0.2) is 0 Å². The van der Waals surface area contributed by atoms with Crippen LogP contribution in [0, 0.1) is 0 Å². The lowest BCUT2D eigenvalue weighted by Crippen LogP contribution is -2.49. The van der Waals surface area contributed by atoms with E-state index in [1.165, 1.54) is 19.3 Å². The van der Waals surface area contributed by atoms with Crippen molar-refractivity contribution in [1.29, 1.82) is 0 Å². The van der Waals surface area contributed by atoms with E-state index in [2.05, 4.69) is 5.32 Å². The van der Waals surface area contributed by atoms with Crippen LogP contribution in [0.25, 0.3) is 0 Å². The molecule has 2 aliphatic carbocycles. The Balaban J connectivity index is 1.94. The molecule has 0 aromatic heterocycles. The van der Waals surface area contributed by atoms with Crippen LogP contribution < -0.4 is 5.32 Å². The van der Waals surface area contributed by atoms with E-state index in [-0.39, 0.29) is 17.9 Å². The van der Waals surface area contributed by atoms with Gasteiger partial charge in [0.25, 0.3) is 0 Å². The molecule has 0 unspecified atom stereocenters. The van der Waals surface area contributed by atoms with E-state index in [0.29, 0.717) is 19.0 Å². The Kier molecular flexibility index (Phi) is 5.02. The van der Waals surface area contributed by atoms with E-state index in [1.54, 1.807) is 0 Å². The summed E-state index contributed by atoms with van der Waals surface area (Å²) in [4.78, 5) is 25.1. The van der Waals surface area contributed by atoms with Gasteiger partial charge < -0.3 is 15.3 Å². The topological polar surface area (TPSA) is 69.6 Å². The maximum absolute atomic E-state index is 12.6. The first-order valence-corrected chi connectivity index (χ1v) is 7.76. The first kappa shape index (κ1) is 15.3. The van der Waals surface area contributed by atoms with Crippen LogP contribution in [0.15, 0.2) is 0 Å². The standard InChI is InChI=1S/C15H26N2O3/c1-16-15(8-3-2-4-9-15)11-13(18)17(12-5-6-12)10-7-14(19)20/h12,16H,2-11H2,1H3,(H,19,20). The van der Waals surface area contributed by atoms with Crippen molar-refractivity contribution in [3.63, 3.8) is 0 Å². The minimum Gasteiger partial charge on any atom is -0.481 e. The van der Waals surface area contributed by atoms with Gasteiger partial charge in [-0.15, -0.1) is 0 Å². The third kappa shape index (κ3) is 3.95. The van der Waals surface area contributed by atoms with Crippen LogP contribution in [0.1, 0.15) is 57.8 Å². The van der Waals surface area contributed by atoms with Gasteiger partial charge in [0.05, 0.1) is 6.42 Å². The smallest absolute Gasteiger partial charge is 0.305 e. The third-order valence-electron chi connectivity index (χ3n) is 4.71. The van der Waals surface area contributed by atoms with Crippen molar-refractivity contribution < 1.29 is 14.7 Å². The predicted molar refractivity (Wildman–Crippen MR) is 76.5 cm³/mol. The number of hydrogen-bond donors (Lipinski definition) is 2. The van der Waals surface area contributed by atoms with Crippen molar-refractivity contribution in [3.05, 3.63) is 0 Å². The molecule has 5 nitrogen and oxygen atoms in total. The lowest BCUT2D eigenvalue weighted by Gasteiger charge is -2.38. The summed E-state index contributed by atoms with van der Waals surface area (Å²) in [6, 6.07) is 0.291. The second kappa shape index (κ2) is 6.57. The number of carbonyl (C=O) groups excluding carboxylic acids is 1. The highest BCUT2D eigenvalue weighted by molar-refractivity contribution is 5.79. The van der Waals surface area contributed by atoms with Crippen molar-refractivity contribution in [2.75, 3.05) is 13.6 Å². The molecule has 0 spiro atoms. The summed E-state index contributed by atoms with van der Waals surface area (Å²) in [7, 11) is 1.94. The van der Waals surface area contributed by atoms with Crippen molar-refractivity contribution in [3.8, 4) is 0 Å². The minimum atomic E-state index is -0.829. The van der Waals surface area contributed by atoms with Gasteiger partial charge in [-0.25, -0.2) is 0 Å². The van der Waals surface area contributed by atoms with Crippen molar-refractivity contribution >= 4 is 11.9 Å². The van der Waals surface area contributed by atoms with E-state index < -0.39 is 5.97 Å². The van der Waals surface area contributed by atoms with Crippen molar-refractivity contribution in [2.24, 2.45) is 0 Å². The molecule has 0 saturated heterocycles. The molecular weight excluding hydrogens is 256 g/mol. The molecule has 0 bridgehead atoms. The average molecular weight is 282 g/mol. The van der Waals surface area contributed by atoms with Gasteiger partial charge in [-0.2, -0.15) is 0 Å². The summed E-state index contributed by atoms with van der Waals surface area (Å²) in [5.41, 5.74) is -0.0638. The number of hydrogen-bond acceptors (Lipinski definition) is 3. The molecule has 0 heterocycles. The number of nitrogens with zero attached hydrogens (tertiary/aromatic N) is 1. The summed E-state index contributed by atoms with van der Waals surface area (Å²) in [6.07, 6.45) is 8.31. The van der Waals surface area contributed by atoms with E-state index in [9.17, 15) is 9.59 Å². The number of nitrogens with one attached hydrogen (secondary N) is 1. The first-order chi connectivity index (χ1) is 9.56. The van der Waals surface area contributed by atoms with Crippen LogP contribution in [0.3, 0.4) is 0 Å². The predicted octanol–water partition coefficient (Wildman–Crippen LogP) is 1.76. The highest BCUT2D eigenvalue weighted by Crippen LogP contribution is 2.33. The number of amides is 1. The Hall–Kier alpha value is -1.10. The number of carboxylic acids is 1. The molecule has 0 radical (unpaired) electrons. The maximum Gasteiger partial charge on any atom is 0.305 e. The molecule has 2 fully saturated rings. The summed E-state index contributed by atoms with van der Waals surface area (Å²) in [5, 5.41) is 12.2. The summed E-state index contributed by atoms with van der Waals surface area (Å²) < 4.78 is 0. The first-order valence-electron chi connectivity index (χ1n) is 7.76. The SMILES string of the molecule is CNC1(CC(=O)N(CCC(=O)O)C2CC2)CCCCC1. The largest absolute Gasteiger partial charge is 0.481 e. The molecule has 20 heavy (non-hydrogen) atoms. The molecule has 2 rings (SSSR count). The van der Waals surface area contributed by atoms with Crippen LogP contribution >= 0.6 is 0 Å². The van der Waals surface area contributed by atoms with Gasteiger partial charge in [-0.3, -0.25) is 9.59 Å². The zero-order chi connectivity index (χ0) is 14.6. The fraction of sp³-hybridized carbons (Fsp3) is 0.867. The zero-order valence-corrected chi connectivity index (χ0v) is 12.4. The van der Waals surface area contributed by atoms with Gasteiger partial charge in [0, 0.05) is 24.5 Å². The fourth-order valence-electron chi connectivity index (χ4n) is 3.25. The normalized spacial score (nSPS) is 21.4. The lowest BCUT2D eigenvalue weighted by molar-refractivity contribution is -0.139. The third-order valence-corrected chi connectivity index (χ3v) is 4.71. The van der Waals surface area contributed by atoms with E-state index >= 15 is 0 Å². The highest BCUT2D eigenvalue weighted by atomic mass is 16.4. The molecule has 2 N–H and O–H groups in total. The molecular formula is C15H26N2O3. The number of carboxylic acid groups (broad SMARTS) is 1. The zero-order valence-electron chi connectivity index (χ0n) is 12.4. The second-order valence-corrected chi connectivity index (χ2v) is 6.23. The van der Waals surface area contributed by atoms with Gasteiger partial charge >= 0.3 is 5.97 Å². The summed E-state index contributed by atoms with van der Waals surface area (Å²) in [5.74, 6) is -0.700. The molecule has 2 aliphatic rings. The maximum atomic E-state index is 12.6. The second-order valence-electron chi connectivity index (χ2n) is 6.23. The van der Waals surface area contributed by atoms with Gasteiger partial charge in [0.1, 0.15) is 0 Å². The lowest BCUT2D eigenvalue weighted by atomic mass is 9.79. The number of carbonyl (C=O) groups is 2. The van der Waals surface area contributed by atoms with Crippen molar-refractivity contribution in [2.45, 2.75) is 69.4 Å². The minimum absolute atomic E-state index is 0.0504. The quantitative estimate of drug-likeness (QED) is 0.746. The molecule has 5 heteroatoms. The van der Waals surface area contributed by atoms with Gasteiger partial charge in [-0.05, 0) is 32.7 Å².